The molecule has 0 aliphatic rings. The van der Waals surface area contributed by atoms with Gasteiger partial charge in [0.05, 0.1) is 0 Å². The van der Waals surface area contributed by atoms with Gasteiger partial charge in [-0.25, -0.2) is 0 Å². The molecule has 0 saturated heterocycles. The van der Waals surface area contributed by atoms with Crippen LogP contribution in [-0.2, 0) is 0 Å². The molecule has 0 heterocycles. The van der Waals surface area contributed by atoms with Gasteiger partial charge in [0.25, 0.3) is 0 Å². The van der Waals surface area contributed by atoms with Gasteiger partial charge in [-0.15, -0.1) is 11.8 Å². The first-order chi connectivity index (χ1) is 8.74. The Bertz CT molecular complexity index is 470. The van der Waals surface area contributed by atoms with Gasteiger partial charge in [-0.05, 0) is 36.4 Å². The molecule has 2 aromatic rings. The van der Waals surface area contributed by atoms with Crippen LogP contribution in [0.2, 0.25) is 5.02 Å². The van der Waals surface area contributed by atoms with E-state index in [2.05, 4.69) is 36.5 Å². The van der Waals surface area contributed by atoms with E-state index in [1.165, 1.54) is 10.6 Å². The van der Waals surface area contributed by atoms with Crippen LogP contribution in [0.5, 0.6) is 0 Å². The molecule has 1 atom stereocenters. The molecule has 0 saturated carbocycles. The number of para-hydroxylation sites is 1. The fourth-order valence-corrected chi connectivity index (χ4v) is 2.66. The van der Waals surface area contributed by atoms with Crippen molar-refractivity contribution in [1.29, 1.82) is 0 Å². The minimum absolute atomic E-state index is 0.506. The van der Waals surface area contributed by atoms with Crippen molar-refractivity contribution in [1.82, 2.24) is 0 Å². The van der Waals surface area contributed by atoms with E-state index in [4.69, 9.17) is 11.6 Å². The van der Waals surface area contributed by atoms with Crippen molar-refractivity contribution >= 4 is 29.1 Å². The number of hydrogen-bond acceptors (Lipinski definition) is 2. The van der Waals surface area contributed by atoms with Crippen LogP contribution in [0.15, 0.2) is 59.5 Å². The lowest BCUT2D eigenvalue weighted by Gasteiger charge is -2.13. The van der Waals surface area contributed by atoms with Crippen LogP contribution < -0.4 is 5.32 Å². The van der Waals surface area contributed by atoms with Crippen molar-refractivity contribution in [3.8, 4) is 0 Å². The van der Waals surface area contributed by atoms with Gasteiger partial charge >= 0.3 is 0 Å². The van der Waals surface area contributed by atoms with Crippen LogP contribution in [-0.4, -0.2) is 11.8 Å². The van der Waals surface area contributed by atoms with Crippen LogP contribution in [0, 0.1) is 0 Å². The highest BCUT2D eigenvalue weighted by Crippen LogP contribution is 2.24. The van der Waals surface area contributed by atoms with Crippen LogP contribution in [0.4, 0.5) is 5.69 Å². The summed E-state index contributed by atoms with van der Waals surface area (Å²) in [7, 11) is 0. The summed E-state index contributed by atoms with van der Waals surface area (Å²) in [5.41, 5.74) is 1.17. The Hall–Kier alpha value is -1.12. The number of halogens is 1. The van der Waals surface area contributed by atoms with Gasteiger partial charge in [0.15, 0.2) is 0 Å². The monoisotopic (exact) mass is 277 g/mol. The molecule has 0 amide bonds. The maximum atomic E-state index is 5.87. The second kappa shape index (κ2) is 6.72. The van der Waals surface area contributed by atoms with Crippen molar-refractivity contribution in [3.05, 3.63) is 59.6 Å². The summed E-state index contributed by atoms with van der Waals surface area (Å²) in [4.78, 5) is 1.25. The van der Waals surface area contributed by atoms with Gasteiger partial charge in [0.1, 0.15) is 0 Å². The smallest absolute Gasteiger partial charge is 0.0406 e. The third-order valence-corrected chi connectivity index (χ3v) is 3.88. The molecule has 0 radical (unpaired) electrons. The molecule has 1 nitrogen and oxygen atoms in total. The summed E-state index contributed by atoms with van der Waals surface area (Å²) in [6, 6.07) is 18.3. The highest BCUT2D eigenvalue weighted by atomic mass is 35.5. The maximum absolute atomic E-state index is 5.87. The molecular weight excluding hydrogens is 262 g/mol. The number of nitrogens with one attached hydrogen (secondary N) is 1. The summed E-state index contributed by atoms with van der Waals surface area (Å²) in [6.07, 6.45) is 0. The molecule has 1 unspecified atom stereocenters. The van der Waals surface area contributed by atoms with Gasteiger partial charge in [-0.3, -0.25) is 0 Å². The first-order valence-electron chi connectivity index (χ1n) is 5.95. The number of rotatable bonds is 5. The normalized spacial score (nSPS) is 12.1. The van der Waals surface area contributed by atoms with Gasteiger partial charge in [-0.1, -0.05) is 36.7 Å². The Morgan fingerprint density at radius 1 is 1.06 bits per heavy atom. The summed E-state index contributed by atoms with van der Waals surface area (Å²) in [6.45, 7) is 3.16. The molecular formula is C15H16ClNS. The van der Waals surface area contributed by atoms with E-state index >= 15 is 0 Å². The van der Waals surface area contributed by atoms with E-state index in [1.807, 2.05) is 42.1 Å². The lowest BCUT2D eigenvalue weighted by molar-refractivity contribution is 0.999. The van der Waals surface area contributed by atoms with E-state index in [9.17, 15) is 0 Å². The van der Waals surface area contributed by atoms with Gasteiger partial charge in [0.2, 0.25) is 0 Å². The molecule has 3 heteroatoms. The Kier molecular flexibility index (Phi) is 4.97. The number of thioether (sulfide) groups is 1. The van der Waals surface area contributed by atoms with E-state index in [0.717, 1.165) is 11.6 Å². The molecule has 1 N–H and O–H groups in total. The molecule has 0 aromatic heterocycles. The van der Waals surface area contributed by atoms with Crippen LogP contribution in [0.1, 0.15) is 6.92 Å². The molecule has 18 heavy (non-hydrogen) atoms. The van der Waals surface area contributed by atoms with E-state index in [0.29, 0.717) is 5.25 Å². The largest absolute Gasteiger partial charge is 0.384 e. The standard InChI is InChI=1S/C15H16ClNS/c1-12(11-17-14-5-3-2-4-6-14)18-15-9-7-13(16)8-10-15/h2-10,12,17H,11H2,1H3. The third kappa shape index (κ3) is 4.28. The fourth-order valence-electron chi connectivity index (χ4n) is 1.60. The van der Waals surface area contributed by atoms with Crippen LogP contribution >= 0.6 is 23.4 Å². The van der Waals surface area contributed by atoms with E-state index in [-0.39, 0.29) is 0 Å². The molecule has 0 bridgehead atoms. The Balaban J connectivity index is 1.82. The molecule has 0 spiro atoms. The Morgan fingerprint density at radius 3 is 2.39 bits per heavy atom. The minimum atomic E-state index is 0.506. The zero-order chi connectivity index (χ0) is 12.8. The molecule has 0 aliphatic heterocycles. The van der Waals surface area contributed by atoms with Gasteiger partial charge in [-0.2, -0.15) is 0 Å². The average molecular weight is 278 g/mol. The van der Waals surface area contributed by atoms with Gasteiger partial charge in [0, 0.05) is 27.4 Å². The van der Waals surface area contributed by atoms with Gasteiger partial charge < -0.3 is 5.32 Å². The lowest BCUT2D eigenvalue weighted by atomic mass is 10.3. The predicted molar refractivity (Wildman–Crippen MR) is 81.7 cm³/mol. The molecule has 0 fully saturated rings. The van der Waals surface area contributed by atoms with Crippen molar-refractivity contribution in [2.45, 2.75) is 17.1 Å². The summed E-state index contributed by atoms with van der Waals surface area (Å²) >= 11 is 7.72. The van der Waals surface area contributed by atoms with Crippen LogP contribution in [0.25, 0.3) is 0 Å². The number of benzene rings is 2. The van der Waals surface area contributed by atoms with Crippen molar-refractivity contribution in [2.24, 2.45) is 0 Å². The topological polar surface area (TPSA) is 12.0 Å². The highest BCUT2D eigenvalue weighted by Gasteiger charge is 2.04. The zero-order valence-electron chi connectivity index (χ0n) is 10.3. The predicted octanol–water partition coefficient (Wildman–Crippen LogP) is 4.93. The number of hydrogen-bond donors (Lipinski definition) is 1. The van der Waals surface area contributed by atoms with Crippen molar-refractivity contribution < 1.29 is 0 Å². The lowest BCUT2D eigenvalue weighted by Crippen LogP contribution is -2.12. The second-order valence-corrected chi connectivity index (χ2v) is 6.08. The van der Waals surface area contributed by atoms with E-state index in [1.54, 1.807) is 0 Å². The van der Waals surface area contributed by atoms with E-state index < -0.39 is 0 Å². The summed E-state index contributed by atoms with van der Waals surface area (Å²) in [5, 5.41) is 4.72. The second-order valence-electron chi connectivity index (χ2n) is 4.13. The minimum Gasteiger partial charge on any atom is -0.384 e. The van der Waals surface area contributed by atoms with Crippen molar-refractivity contribution in [2.75, 3.05) is 11.9 Å². The fraction of sp³-hybridized carbons (Fsp3) is 0.200. The first-order valence-corrected chi connectivity index (χ1v) is 7.21. The maximum Gasteiger partial charge on any atom is 0.0406 e. The highest BCUT2D eigenvalue weighted by molar-refractivity contribution is 8.00. The van der Waals surface area contributed by atoms with Crippen LogP contribution in [0.3, 0.4) is 0 Å². The quantitative estimate of drug-likeness (QED) is 0.778. The summed E-state index contributed by atoms with van der Waals surface area (Å²) < 4.78 is 0. The SMILES string of the molecule is CC(CNc1ccccc1)Sc1ccc(Cl)cc1. The molecule has 94 valence electrons. The Labute approximate surface area is 118 Å². The number of anilines is 1. The molecule has 2 rings (SSSR count). The zero-order valence-corrected chi connectivity index (χ0v) is 11.8. The first kappa shape index (κ1) is 13.3. The summed E-state index contributed by atoms with van der Waals surface area (Å²) in [5.74, 6) is 0. The van der Waals surface area contributed by atoms with Crippen molar-refractivity contribution in [3.63, 3.8) is 0 Å². The third-order valence-electron chi connectivity index (χ3n) is 2.52. The Morgan fingerprint density at radius 2 is 1.72 bits per heavy atom. The molecule has 2 aromatic carbocycles. The average Bonchev–Trinajstić information content (AvgIpc) is 2.40. The molecule has 0 aliphatic carbocycles.